The molecule has 2 nitrogen and oxygen atoms in total. The second-order valence-electron chi connectivity index (χ2n) is 4.58. The molecule has 1 unspecified atom stereocenters. The van der Waals surface area contributed by atoms with Gasteiger partial charge < -0.3 is 5.73 Å². The first-order valence-electron chi connectivity index (χ1n) is 5.87. The van der Waals surface area contributed by atoms with E-state index < -0.39 is 0 Å². The summed E-state index contributed by atoms with van der Waals surface area (Å²) in [5.74, 6) is 0.556. The quantitative estimate of drug-likeness (QED) is 0.600. The molecule has 0 saturated carbocycles. The zero-order chi connectivity index (χ0) is 11.0. The maximum atomic E-state index is 11.1. The van der Waals surface area contributed by atoms with Gasteiger partial charge in [0, 0.05) is 5.92 Å². The summed E-state index contributed by atoms with van der Waals surface area (Å²) in [6, 6.07) is 0. The molecule has 0 aliphatic rings. The number of hydrogen-bond donors (Lipinski definition) is 1. The van der Waals surface area contributed by atoms with Crippen molar-refractivity contribution < 1.29 is 4.79 Å². The first-order chi connectivity index (χ1) is 6.57. The first-order valence-corrected chi connectivity index (χ1v) is 5.87. The van der Waals surface area contributed by atoms with Gasteiger partial charge in [-0.3, -0.25) is 4.79 Å². The summed E-state index contributed by atoms with van der Waals surface area (Å²) < 4.78 is 0. The summed E-state index contributed by atoms with van der Waals surface area (Å²) in [5.41, 5.74) is 5.36. The number of hydrogen-bond acceptors (Lipinski definition) is 1. The van der Waals surface area contributed by atoms with E-state index in [0.717, 1.165) is 19.3 Å². The molecule has 1 amide bonds. The Hall–Kier alpha value is -0.530. The van der Waals surface area contributed by atoms with Gasteiger partial charge >= 0.3 is 0 Å². The van der Waals surface area contributed by atoms with Crippen LogP contribution in [0.15, 0.2) is 0 Å². The lowest BCUT2D eigenvalue weighted by molar-refractivity contribution is -0.122. The second kappa shape index (κ2) is 7.84. The van der Waals surface area contributed by atoms with E-state index in [9.17, 15) is 4.79 Å². The van der Waals surface area contributed by atoms with Crippen molar-refractivity contribution in [1.82, 2.24) is 0 Å². The molecule has 84 valence electrons. The van der Waals surface area contributed by atoms with Crippen molar-refractivity contribution in [3.05, 3.63) is 0 Å². The Morgan fingerprint density at radius 3 is 2.29 bits per heavy atom. The van der Waals surface area contributed by atoms with E-state index in [1.54, 1.807) is 0 Å². The van der Waals surface area contributed by atoms with Crippen LogP contribution in [0.25, 0.3) is 0 Å². The molecule has 0 rings (SSSR count). The van der Waals surface area contributed by atoms with E-state index in [2.05, 4.69) is 20.8 Å². The Morgan fingerprint density at radius 1 is 1.21 bits per heavy atom. The number of carbonyl (C=O) groups excluding carboxylic acids is 1. The molecule has 14 heavy (non-hydrogen) atoms. The van der Waals surface area contributed by atoms with E-state index in [-0.39, 0.29) is 11.8 Å². The fraction of sp³-hybridized carbons (Fsp3) is 0.917. The Kier molecular flexibility index (Phi) is 7.54. The highest BCUT2D eigenvalue weighted by molar-refractivity contribution is 5.76. The summed E-state index contributed by atoms with van der Waals surface area (Å²) in [7, 11) is 0. The molecule has 0 radical (unpaired) electrons. The smallest absolute Gasteiger partial charge is 0.220 e. The molecular weight excluding hydrogens is 174 g/mol. The molecule has 1 atom stereocenters. The molecule has 0 spiro atoms. The second-order valence-corrected chi connectivity index (χ2v) is 4.58. The predicted octanol–water partition coefficient (Wildman–Crippen LogP) is 3.10. The van der Waals surface area contributed by atoms with E-state index in [1.165, 1.54) is 19.3 Å². The first kappa shape index (κ1) is 13.5. The molecule has 0 bridgehead atoms. The van der Waals surface area contributed by atoms with Crippen molar-refractivity contribution in [3.63, 3.8) is 0 Å². The van der Waals surface area contributed by atoms with Crippen LogP contribution >= 0.6 is 0 Å². The van der Waals surface area contributed by atoms with Gasteiger partial charge in [0.05, 0.1) is 0 Å². The van der Waals surface area contributed by atoms with Crippen LogP contribution in [-0.4, -0.2) is 5.91 Å². The normalized spacial score (nSPS) is 13.1. The molecule has 2 heteroatoms. The third-order valence-corrected chi connectivity index (χ3v) is 2.56. The molecule has 0 aliphatic carbocycles. The van der Waals surface area contributed by atoms with Crippen LogP contribution in [0, 0.1) is 11.8 Å². The number of amides is 1. The molecule has 0 aromatic heterocycles. The minimum atomic E-state index is -0.116. The minimum absolute atomic E-state index is 0.104. The van der Waals surface area contributed by atoms with E-state index in [0.29, 0.717) is 5.92 Å². The van der Waals surface area contributed by atoms with E-state index in [1.807, 2.05) is 0 Å². The third kappa shape index (κ3) is 6.93. The molecule has 0 heterocycles. The van der Waals surface area contributed by atoms with E-state index in [4.69, 9.17) is 5.73 Å². The van der Waals surface area contributed by atoms with Gasteiger partial charge in [0.2, 0.25) is 5.91 Å². The largest absolute Gasteiger partial charge is 0.369 e. The predicted molar refractivity (Wildman–Crippen MR) is 60.9 cm³/mol. The van der Waals surface area contributed by atoms with Gasteiger partial charge in [0.25, 0.3) is 0 Å². The lowest BCUT2D eigenvalue weighted by Crippen LogP contribution is -2.24. The zero-order valence-corrected chi connectivity index (χ0v) is 9.88. The highest BCUT2D eigenvalue weighted by atomic mass is 16.1. The average Bonchev–Trinajstić information content (AvgIpc) is 2.09. The number of carbonyl (C=O) groups is 1. The number of unbranched alkanes of at least 4 members (excludes halogenated alkanes) is 3. The number of primary amides is 1. The van der Waals surface area contributed by atoms with Crippen LogP contribution in [0.2, 0.25) is 0 Å². The van der Waals surface area contributed by atoms with Crippen molar-refractivity contribution in [1.29, 1.82) is 0 Å². The fourth-order valence-corrected chi connectivity index (χ4v) is 1.76. The van der Waals surface area contributed by atoms with Crippen molar-refractivity contribution in [2.45, 2.75) is 59.3 Å². The van der Waals surface area contributed by atoms with Crippen LogP contribution in [0.1, 0.15) is 59.3 Å². The topological polar surface area (TPSA) is 43.1 Å². The lowest BCUT2D eigenvalue weighted by atomic mass is 9.91. The van der Waals surface area contributed by atoms with Gasteiger partial charge in [0.15, 0.2) is 0 Å². The molecule has 0 aromatic rings. The van der Waals surface area contributed by atoms with Crippen LogP contribution < -0.4 is 5.73 Å². The maximum absolute atomic E-state index is 11.1. The molecule has 2 N–H and O–H groups in total. The summed E-state index contributed by atoms with van der Waals surface area (Å²) in [4.78, 5) is 11.1. The van der Waals surface area contributed by atoms with Crippen molar-refractivity contribution in [2.75, 3.05) is 0 Å². The Morgan fingerprint density at radius 2 is 1.86 bits per heavy atom. The number of rotatable bonds is 8. The zero-order valence-electron chi connectivity index (χ0n) is 9.88. The van der Waals surface area contributed by atoms with Crippen molar-refractivity contribution in [3.8, 4) is 0 Å². The SMILES string of the molecule is CCCCCCC(CC(C)C)C(N)=O. The summed E-state index contributed by atoms with van der Waals surface area (Å²) in [5, 5.41) is 0. The number of nitrogens with two attached hydrogens (primary N) is 1. The molecule has 0 saturated heterocycles. The monoisotopic (exact) mass is 199 g/mol. The standard InChI is InChI=1S/C12H25NO/c1-4-5-6-7-8-11(12(13)14)9-10(2)3/h10-11H,4-9H2,1-3H3,(H2,13,14). The minimum Gasteiger partial charge on any atom is -0.369 e. The highest BCUT2D eigenvalue weighted by Gasteiger charge is 2.15. The Labute approximate surface area is 88.3 Å². The average molecular weight is 199 g/mol. The van der Waals surface area contributed by atoms with E-state index >= 15 is 0 Å². The van der Waals surface area contributed by atoms with Crippen molar-refractivity contribution in [2.24, 2.45) is 17.6 Å². The molecule has 0 fully saturated rings. The maximum Gasteiger partial charge on any atom is 0.220 e. The Bertz CT molecular complexity index is 154. The van der Waals surface area contributed by atoms with Crippen LogP contribution in [0.3, 0.4) is 0 Å². The lowest BCUT2D eigenvalue weighted by Gasteiger charge is -2.15. The van der Waals surface area contributed by atoms with Crippen LogP contribution in [0.4, 0.5) is 0 Å². The van der Waals surface area contributed by atoms with Gasteiger partial charge in [-0.25, -0.2) is 0 Å². The summed E-state index contributed by atoms with van der Waals surface area (Å²) >= 11 is 0. The van der Waals surface area contributed by atoms with Gasteiger partial charge in [-0.15, -0.1) is 0 Å². The highest BCUT2D eigenvalue weighted by Crippen LogP contribution is 2.18. The van der Waals surface area contributed by atoms with Gasteiger partial charge in [-0.2, -0.15) is 0 Å². The van der Waals surface area contributed by atoms with Crippen LogP contribution in [-0.2, 0) is 4.79 Å². The van der Waals surface area contributed by atoms with Gasteiger partial charge in [0.1, 0.15) is 0 Å². The fourth-order valence-electron chi connectivity index (χ4n) is 1.76. The Balaban J connectivity index is 3.68. The molecule has 0 aromatic carbocycles. The summed E-state index contributed by atoms with van der Waals surface area (Å²) in [6.45, 7) is 6.48. The van der Waals surface area contributed by atoms with Crippen molar-refractivity contribution >= 4 is 5.91 Å². The van der Waals surface area contributed by atoms with Crippen LogP contribution in [0.5, 0.6) is 0 Å². The summed E-state index contributed by atoms with van der Waals surface area (Å²) in [6.07, 6.45) is 6.82. The van der Waals surface area contributed by atoms with Gasteiger partial charge in [-0.1, -0.05) is 46.5 Å². The van der Waals surface area contributed by atoms with Gasteiger partial charge in [-0.05, 0) is 18.8 Å². The molecular formula is C12H25NO. The molecule has 0 aliphatic heterocycles. The third-order valence-electron chi connectivity index (χ3n) is 2.56.